The van der Waals surface area contributed by atoms with Gasteiger partial charge in [-0.2, -0.15) is 0 Å². The number of halogens is 1. The van der Waals surface area contributed by atoms with Gasteiger partial charge in [0.05, 0.1) is 30.0 Å². The number of allylic oxidation sites excluding steroid dienone is 2. The number of carbonyl (C=O) groups excluding carboxylic acids is 2. The van der Waals surface area contributed by atoms with Gasteiger partial charge in [0, 0.05) is 38.7 Å². The number of aromatic hydroxyl groups is 2. The van der Waals surface area contributed by atoms with Crippen molar-refractivity contribution in [2.75, 3.05) is 26.1 Å². The molecule has 6 atom stereocenters. The number of aliphatic hydroxyl groups excluding tert-OH is 1. The van der Waals surface area contributed by atoms with Crippen molar-refractivity contribution < 1.29 is 56.8 Å². The molecule has 240 valence electrons. The standard InChI is InChI=1S/C32H46N2O8.ClH/c1-9-13-33-28-23-14-18(2)15-27(41-8)29(37)20(4)16-21(5)31(42-22(6)35)26(40-7)12-10-11-19(3)32(39)34-24(30(23)38)17-25(28)36;/h9-12,16-18,20,26-27,29,31,33,36-38H,1,13-15H2,2-8H3,(H,34,39);1H/b12-10-,19-11+,21-16+;/t18-,20+,26+,27+,29-,31+;/m1./s1. The third kappa shape index (κ3) is 10.5. The molecule has 0 fully saturated rings. The van der Waals surface area contributed by atoms with Crippen molar-refractivity contribution in [2.45, 2.75) is 71.9 Å². The van der Waals surface area contributed by atoms with E-state index in [1.54, 1.807) is 43.5 Å². The van der Waals surface area contributed by atoms with Crippen LogP contribution in [0.25, 0.3) is 0 Å². The number of amides is 1. The van der Waals surface area contributed by atoms with Gasteiger partial charge in [-0.15, -0.1) is 0 Å². The molecule has 1 heterocycles. The molecule has 0 unspecified atom stereocenters. The van der Waals surface area contributed by atoms with Crippen LogP contribution < -0.4 is 23.0 Å². The molecule has 10 nitrogen and oxygen atoms in total. The van der Waals surface area contributed by atoms with Gasteiger partial charge in [-0.25, -0.2) is 0 Å². The summed E-state index contributed by atoms with van der Waals surface area (Å²) in [6.45, 7) is 12.8. The topological polar surface area (TPSA) is 151 Å². The maximum Gasteiger partial charge on any atom is 0.303 e. The molecular formula is C32H47ClN2O8. The first-order valence-corrected chi connectivity index (χ1v) is 14.1. The summed E-state index contributed by atoms with van der Waals surface area (Å²) in [6, 6.07) is 1.32. The van der Waals surface area contributed by atoms with E-state index >= 15 is 0 Å². The van der Waals surface area contributed by atoms with E-state index in [9.17, 15) is 24.9 Å². The molecule has 0 saturated heterocycles. The number of quaternary nitrogens is 1. The molecule has 0 aromatic heterocycles. The fraction of sp³-hybridized carbons (Fsp3) is 0.500. The van der Waals surface area contributed by atoms with Crippen molar-refractivity contribution in [2.24, 2.45) is 11.8 Å². The first-order chi connectivity index (χ1) is 19.8. The van der Waals surface area contributed by atoms with Crippen molar-refractivity contribution in [3.05, 3.63) is 59.7 Å². The Morgan fingerprint density at radius 2 is 1.88 bits per heavy atom. The third-order valence-corrected chi connectivity index (χ3v) is 7.41. The van der Waals surface area contributed by atoms with Crippen LogP contribution in [0.5, 0.6) is 11.5 Å². The second kappa shape index (κ2) is 17.8. The lowest BCUT2D eigenvalue weighted by molar-refractivity contribution is -0.562. The smallest absolute Gasteiger partial charge is 0.303 e. The number of rotatable bonds is 6. The molecule has 2 rings (SSSR count). The molecule has 6 N–H and O–H groups in total. The number of nitrogens with two attached hydrogens (primary N) is 1. The molecule has 1 aliphatic rings. The SMILES string of the molecule is C=CC[NH2+]c1c(O)cc2c(O)c1C[C@@H](C)C[C@H](OC)[C@H](O)[C@@H](C)/C=C(\C)[C@H](OC(C)=O)[C@@H](OC)/C=C\C=C(/C)C(=O)N2.[Cl-]. The summed E-state index contributed by atoms with van der Waals surface area (Å²) in [6.07, 6.45) is 6.26. The van der Waals surface area contributed by atoms with Crippen molar-refractivity contribution in [1.29, 1.82) is 0 Å². The zero-order valence-electron chi connectivity index (χ0n) is 26.1. The molecule has 43 heavy (non-hydrogen) atoms. The summed E-state index contributed by atoms with van der Waals surface area (Å²) in [5.74, 6) is -1.67. The van der Waals surface area contributed by atoms with Crippen molar-refractivity contribution in [3.63, 3.8) is 0 Å². The number of carbonyl (C=O) groups is 2. The normalized spacial score (nSPS) is 28.7. The third-order valence-electron chi connectivity index (χ3n) is 7.41. The lowest BCUT2D eigenvalue weighted by Crippen LogP contribution is -3.00. The number of benzene rings is 1. The van der Waals surface area contributed by atoms with E-state index in [2.05, 4.69) is 11.9 Å². The lowest BCUT2D eigenvalue weighted by atomic mass is 9.87. The number of phenolic OH excluding ortho intramolecular Hbond substituents is 2. The predicted octanol–water partition coefficient (Wildman–Crippen LogP) is 0.411. The maximum atomic E-state index is 13.0. The highest BCUT2D eigenvalue weighted by Crippen LogP contribution is 2.40. The van der Waals surface area contributed by atoms with Gasteiger partial charge in [-0.1, -0.05) is 44.7 Å². The number of hydrogen-bond donors (Lipinski definition) is 5. The van der Waals surface area contributed by atoms with Gasteiger partial charge >= 0.3 is 5.97 Å². The van der Waals surface area contributed by atoms with Gasteiger partial charge < -0.3 is 52.6 Å². The summed E-state index contributed by atoms with van der Waals surface area (Å²) in [7, 11) is 3.02. The Hall–Kier alpha value is -3.15. The van der Waals surface area contributed by atoms with Crippen LogP contribution in [-0.4, -0.2) is 72.4 Å². The molecule has 0 aliphatic carbocycles. The number of hydrogen-bond acceptors (Lipinski definition) is 8. The lowest BCUT2D eigenvalue weighted by Gasteiger charge is -2.29. The first kappa shape index (κ1) is 37.9. The van der Waals surface area contributed by atoms with Crippen LogP contribution >= 0.6 is 0 Å². The molecular weight excluding hydrogens is 576 g/mol. The van der Waals surface area contributed by atoms with E-state index in [1.807, 2.05) is 19.9 Å². The highest BCUT2D eigenvalue weighted by molar-refractivity contribution is 6.04. The Morgan fingerprint density at radius 1 is 1.21 bits per heavy atom. The van der Waals surface area contributed by atoms with Crippen LogP contribution in [0, 0.1) is 11.8 Å². The van der Waals surface area contributed by atoms with Gasteiger partial charge in [0.1, 0.15) is 11.9 Å². The number of esters is 1. The largest absolute Gasteiger partial charge is 1.00 e. The van der Waals surface area contributed by atoms with Crippen LogP contribution in [0.3, 0.4) is 0 Å². The Kier molecular flexibility index (Phi) is 15.7. The van der Waals surface area contributed by atoms with Crippen LogP contribution in [-0.2, 0) is 30.2 Å². The fourth-order valence-electron chi connectivity index (χ4n) is 5.12. The quantitative estimate of drug-likeness (QED) is 0.101. The minimum absolute atomic E-state index is 0. The van der Waals surface area contributed by atoms with Crippen LogP contribution in [0.2, 0.25) is 0 Å². The first-order valence-electron chi connectivity index (χ1n) is 14.1. The van der Waals surface area contributed by atoms with E-state index < -0.39 is 36.3 Å². The second-order valence-corrected chi connectivity index (χ2v) is 10.9. The number of fused-ring (bicyclic) bond motifs is 2. The maximum absolute atomic E-state index is 13.0. The summed E-state index contributed by atoms with van der Waals surface area (Å²) in [5.41, 5.74) is 2.02. The predicted molar refractivity (Wildman–Crippen MR) is 162 cm³/mol. The van der Waals surface area contributed by atoms with Gasteiger partial charge in [0.2, 0.25) is 0 Å². The number of methoxy groups -OCH3 is 2. The molecule has 1 aromatic carbocycles. The van der Waals surface area contributed by atoms with Crippen molar-refractivity contribution in [3.8, 4) is 11.5 Å². The molecule has 0 spiro atoms. The Labute approximate surface area is 260 Å². The minimum atomic E-state index is -0.894. The van der Waals surface area contributed by atoms with E-state index in [0.717, 1.165) is 0 Å². The monoisotopic (exact) mass is 622 g/mol. The summed E-state index contributed by atoms with van der Waals surface area (Å²) in [4.78, 5) is 25.0. The average molecular weight is 623 g/mol. The molecule has 1 aliphatic heterocycles. The molecule has 1 amide bonds. The Bertz CT molecular complexity index is 1210. The molecule has 1 aromatic rings. The molecule has 0 radical (unpaired) electrons. The van der Waals surface area contributed by atoms with Gasteiger partial charge in [0.25, 0.3) is 5.91 Å². The van der Waals surface area contributed by atoms with Crippen LogP contribution in [0.1, 0.15) is 46.6 Å². The molecule has 11 heteroatoms. The van der Waals surface area contributed by atoms with Gasteiger partial charge in [0.15, 0.2) is 17.5 Å². The van der Waals surface area contributed by atoms with Gasteiger partial charge in [-0.3, -0.25) is 9.59 Å². The van der Waals surface area contributed by atoms with E-state index in [4.69, 9.17) is 14.2 Å². The zero-order valence-corrected chi connectivity index (χ0v) is 26.9. The van der Waals surface area contributed by atoms with E-state index in [-0.39, 0.29) is 41.4 Å². The summed E-state index contributed by atoms with van der Waals surface area (Å²) < 4.78 is 16.9. The zero-order chi connectivity index (χ0) is 31.6. The minimum Gasteiger partial charge on any atom is -1.00 e. The van der Waals surface area contributed by atoms with E-state index in [0.29, 0.717) is 41.8 Å². The highest BCUT2D eigenvalue weighted by Gasteiger charge is 2.30. The number of nitrogens with one attached hydrogen (secondary N) is 1. The van der Waals surface area contributed by atoms with Crippen molar-refractivity contribution >= 4 is 23.3 Å². The molecule has 2 bridgehead atoms. The van der Waals surface area contributed by atoms with Crippen LogP contribution in [0.15, 0.2) is 54.2 Å². The molecule has 0 saturated carbocycles. The Morgan fingerprint density at radius 3 is 2.47 bits per heavy atom. The second-order valence-electron chi connectivity index (χ2n) is 10.9. The number of phenols is 2. The van der Waals surface area contributed by atoms with Gasteiger partial charge in [-0.05, 0) is 44.3 Å². The number of ether oxygens (including phenoxy) is 3. The Balaban J connectivity index is 0.00000924. The number of aliphatic hydroxyl groups is 1. The fourth-order valence-corrected chi connectivity index (χ4v) is 5.12. The van der Waals surface area contributed by atoms with Crippen molar-refractivity contribution in [1.82, 2.24) is 0 Å². The highest BCUT2D eigenvalue weighted by atomic mass is 35.5. The van der Waals surface area contributed by atoms with E-state index in [1.165, 1.54) is 27.2 Å². The summed E-state index contributed by atoms with van der Waals surface area (Å²) >= 11 is 0. The summed E-state index contributed by atoms with van der Waals surface area (Å²) in [5, 5.41) is 37.9. The van der Waals surface area contributed by atoms with Crippen LogP contribution in [0.4, 0.5) is 11.4 Å². The number of anilines is 1. The average Bonchev–Trinajstić information content (AvgIpc) is 2.94.